The quantitative estimate of drug-likeness (QED) is 0.435. The number of β-lactam (4-membered cyclic amide) rings is 1. The molecule has 2 aliphatic heterocycles. The summed E-state index contributed by atoms with van der Waals surface area (Å²) in [4.78, 5) is 62.6. The van der Waals surface area contributed by atoms with Crippen molar-refractivity contribution in [2.24, 2.45) is 0 Å². The minimum atomic E-state index is -1.36. The van der Waals surface area contributed by atoms with Gasteiger partial charge in [0.1, 0.15) is 30.3 Å². The Morgan fingerprint density at radius 1 is 1.03 bits per heavy atom. The van der Waals surface area contributed by atoms with Gasteiger partial charge in [0.05, 0.1) is 6.42 Å². The lowest BCUT2D eigenvalue weighted by Gasteiger charge is -2.49. The summed E-state index contributed by atoms with van der Waals surface area (Å²) in [5, 5.41) is 15.5. The summed E-state index contributed by atoms with van der Waals surface area (Å²) in [5.74, 6) is -2.10. The van der Waals surface area contributed by atoms with Crippen LogP contribution in [0.1, 0.15) is 10.4 Å². The molecule has 1 saturated heterocycles. The second-order valence-electron chi connectivity index (χ2n) is 7.73. The topological polar surface area (TPSA) is 151 Å². The number of nitrogens with zero attached hydrogens (tertiary/aromatic N) is 1. The van der Waals surface area contributed by atoms with Gasteiger partial charge >= 0.3 is 18.2 Å². The van der Waals surface area contributed by atoms with Crippen molar-refractivity contribution in [3.05, 3.63) is 69.6 Å². The Morgan fingerprint density at radius 3 is 2.42 bits per heavy atom. The van der Waals surface area contributed by atoms with Gasteiger partial charge in [-0.25, -0.2) is 19.7 Å². The summed E-state index contributed by atoms with van der Waals surface area (Å²) in [6.07, 6.45) is -2.01. The van der Waals surface area contributed by atoms with Crippen LogP contribution in [0.5, 0.6) is 0 Å². The lowest BCUT2D eigenvalue weighted by molar-refractivity contribution is -0.150. The largest absolute Gasteiger partial charge is 0.477 e. The van der Waals surface area contributed by atoms with E-state index < -0.39 is 42.1 Å². The Bertz CT molecular complexity index is 1200. The zero-order valence-electron chi connectivity index (χ0n) is 18.7. The van der Waals surface area contributed by atoms with Crippen LogP contribution >= 0.6 is 23.1 Å². The number of fused-ring (bicyclic) bond motifs is 1. The van der Waals surface area contributed by atoms with E-state index in [1.165, 1.54) is 23.1 Å². The molecule has 4 amide bonds. The molecule has 3 heterocycles. The molecule has 188 valence electrons. The minimum absolute atomic E-state index is 0.0472. The molecule has 0 spiro atoms. The van der Waals surface area contributed by atoms with E-state index in [0.717, 1.165) is 15.3 Å². The van der Waals surface area contributed by atoms with E-state index >= 15 is 0 Å². The minimum Gasteiger partial charge on any atom is -0.477 e. The average molecular weight is 532 g/mol. The molecule has 36 heavy (non-hydrogen) atoms. The number of hydrogen-bond acceptors (Lipinski definition) is 9. The molecule has 1 unspecified atom stereocenters. The number of thiophene rings is 1. The van der Waals surface area contributed by atoms with Gasteiger partial charge in [-0.15, -0.1) is 23.1 Å². The molecular formula is C23H21N3O8S2. The number of thioether (sulfide) groups is 1. The van der Waals surface area contributed by atoms with E-state index in [4.69, 9.17) is 9.47 Å². The molecule has 1 fully saturated rings. The first-order valence-electron chi connectivity index (χ1n) is 10.7. The average Bonchev–Trinajstić information content (AvgIpc) is 3.37. The number of carbonyl (C=O) groups excluding carboxylic acids is 4. The van der Waals surface area contributed by atoms with Gasteiger partial charge < -0.3 is 19.9 Å². The van der Waals surface area contributed by atoms with Crippen LogP contribution in [-0.2, 0) is 36.9 Å². The number of rotatable bonds is 8. The van der Waals surface area contributed by atoms with Crippen LogP contribution < -0.4 is 10.6 Å². The fourth-order valence-electron chi connectivity index (χ4n) is 3.62. The van der Waals surface area contributed by atoms with Gasteiger partial charge in [0, 0.05) is 16.2 Å². The summed E-state index contributed by atoms with van der Waals surface area (Å²) in [5.41, 5.74) is 0.617. The third kappa shape index (κ3) is 5.86. The Hall–Kier alpha value is -3.84. The molecule has 2 atom stereocenters. The molecule has 0 radical (unpaired) electrons. The molecule has 11 nitrogen and oxygen atoms in total. The lowest BCUT2D eigenvalue weighted by Crippen LogP contribution is -2.70. The smallest absolute Gasteiger partial charge is 0.416 e. The number of aliphatic carboxylic acids is 1. The molecule has 1 aromatic heterocycles. The fraction of sp³-hybridized carbons (Fsp3) is 0.261. The molecule has 4 rings (SSSR count). The van der Waals surface area contributed by atoms with E-state index in [-0.39, 0.29) is 36.0 Å². The van der Waals surface area contributed by atoms with Crippen molar-refractivity contribution < 1.29 is 38.6 Å². The van der Waals surface area contributed by atoms with Crippen molar-refractivity contribution in [1.82, 2.24) is 15.5 Å². The predicted molar refractivity (Wildman–Crippen MR) is 129 cm³/mol. The molecule has 0 saturated carbocycles. The molecule has 3 N–H and O–H groups in total. The Labute approximate surface area is 213 Å². The Kier molecular flexibility index (Phi) is 7.90. The maximum absolute atomic E-state index is 12.7. The summed E-state index contributed by atoms with van der Waals surface area (Å²) < 4.78 is 9.92. The third-order valence-corrected chi connectivity index (χ3v) is 7.49. The zero-order chi connectivity index (χ0) is 25.7. The highest BCUT2D eigenvalue weighted by molar-refractivity contribution is 8.00. The van der Waals surface area contributed by atoms with Gasteiger partial charge in [-0.1, -0.05) is 36.4 Å². The van der Waals surface area contributed by atoms with Crippen LogP contribution in [0.15, 0.2) is 59.1 Å². The monoisotopic (exact) mass is 531 g/mol. The van der Waals surface area contributed by atoms with E-state index in [9.17, 15) is 29.1 Å². The van der Waals surface area contributed by atoms with E-state index in [2.05, 4.69) is 5.32 Å². The maximum Gasteiger partial charge on any atom is 0.416 e. The van der Waals surface area contributed by atoms with Crippen LogP contribution in [0.25, 0.3) is 0 Å². The van der Waals surface area contributed by atoms with Crippen LogP contribution in [0, 0.1) is 0 Å². The van der Waals surface area contributed by atoms with Crippen molar-refractivity contribution in [3.8, 4) is 0 Å². The summed E-state index contributed by atoms with van der Waals surface area (Å²) in [6.45, 7) is -0.493. The van der Waals surface area contributed by atoms with Crippen molar-refractivity contribution in [1.29, 1.82) is 0 Å². The number of nitrogens with one attached hydrogen (secondary N) is 2. The molecule has 2 aromatic rings. The fourth-order valence-corrected chi connectivity index (χ4v) is 5.65. The van der Waals surface area contributed by atoms with Gasteiger partial charge in [0.2, 0.25) is 5.91 Å². The molecule has 0 bridgehead atoms. The Balaban J connectivity index is 1.30. The van der Waals surface area contributed by atoms with Gasteiger partial charge in [-0.3, -0.25) is 14.5 Å². The number of benzene rings is 1. The highest BCUT2D eigenvalue weighted by Gasteiger charge is 2.54. The number of hydrogen-bond donors (Lipinski definition) is 3. The van der Waals surface area contributed by atoms with Crippen LogP contribution in [0.4, 0.5) is 9.59 Å². The number of amides is 4. The SMILES string of the molecule is O=C(Cc1cccs1)NC1C(=O)N2C(C(=O)O)=C(COC(=O)NC(=O)OCc3ccccc3)CS[C@@H]12. The van der Waals surface area contributed by atoms with Crippen LogP contribution in [0.2, 0.25) is 0 Å². The second kappa shape index (κ2) is 11.3. The van der Waals surface area contributed by atoms with Gasteiger partial charge in [0.15, 0.2) is 0 Å². The van der Waals surface area contributed by atoms with E-state index in [0.29, 0.717) is 0 Å². The Morgan fingerprint density at radius 2 is 1.75 bits per heavy atom. The molecule has 0 aliphatic carbocycles. The number of carboxylic acid groups (broad SMARTS) is 1. The van der Waals surface area contributed by atoms with Gasteiger partial charge in [-0.2, -0.15) is 0 Å². The van der Waals surface area contributed by atoms with E-state index in [1.54, 1.807) is 24.3 Å². The van der Waals surface area contributed by atoms with Crippen LogP contribution in [-0.4, -0.2) is 63.8 Å². The standard InChI is InChI=1S/C23H21N3O8S2/c27-16(9-15-7-4-8-35-15)24-17-19(28)26-18(21(29)30)14(12-36-20(17)26)11-34-23(32)25-22(31)33-10-13-5-2-1-3-6-13/h1-8,17,20H,9-12H2,(H,24,27)(H,29,30)(H,25,31,32)/t17?,20-/m0/s1. The highest BCUT2D eigenvalue weighted by atomic mass is 32.2. The van der Waals surface area contributed by atoms with Crippen molar-refractivity contribution in [2.45, 2.75) is 24.4 Å². The maximum atomic E-state index is 12.7. The normalized spacial score (nSPS) is 18.6. The van der Waals surface area contributed by atoms with E-state index in [1.807, 2.05) is 28.9 Å². The zero-order valence-corrected chi connectivity index (χ0v) is 20.3. The van der Waals surface area contributed by atoms with Crippen molar-refractivity contribution in [3.63, 3.8) is 0 Å². The number of carbonyl (C=O) groups is 5. The van der Waals surface area contributed by atoms with Crippen LogP contribution in [0.3, 0.4) is 0 Å². The molecule has 2 aliphatic rings. The molecular weight excluding hydrogens is 510 g/mol. The van der Waals surface area contributed by atoms with Crippen molar-refractivity contribution in [2.75, 3.05) is 12.4 Å². The summed E-state index contributed by atoms with van der Waals surface area (Å²) in [6, 6.07) is 11.6. The molecule has 1 aromatic carbocycles. The van der Waals surface area contributed by atoms with Gasteiger partial charge in [-0.05, 0) is 17.0 Å². The first kappa shape index (κ1) is 25.3. The lowest BCUT2D eigenvalue weighted by atomic mass is 10.0. The second-order valence-corrected chi connectivity index (χ2v) is 9.87. The molecule has 13 heteroatoms. The highest BCUT2D eigenvalue weighted by Crippen LogP contribution is 2.40. The number of imide groups is 1. The van der Waals surface area contributed by atoms with Crippen molar-refractivity contribution >= 4 is 53.1 Å². The first-order chi connectivity index (χ1) is 17.3. The van der Waals surface area contributed by atoms with Gasteiger partial charge in [0.25, 0.3) is 5.91 Å². The third-order valence-electron chi connectivity index (χ3n) is 5.28. The first-order valence-corrected chi connectivity index (χ1v) is 12.6. The number of alkyl carbamates (subject to hydrolysis) is 2. The number of carboxylic acids is 1. The summed E-state index contributed by atoms with van der Waals surface area (Å²) in [7, 11) is 0. The predicted octanol–water partition coefficient (Wildman–Crippen LogP) is 2.09. The number of ether oxygens (including phenoxy) is 2. The summed E-state index contributed by atoms with van der Waals surface area (Å²) >= 11 is 2.67.